The minimum atomic E-state index is -0.0611. The molecule has 3 heterocycles. The average Bonchev–Trinajstić information content (AvgIpc) is 2.57. The van der Waals surface area contributed by atoms with Gasteiger partial charge < -0.3 is 10.2 Å². The van der Waals surface area contributed by atoms with Crippen molar-refractivity contribution in [1.82, 2.24) is 19.8 Å². The number of amides is 2. The zero-order chi connectivity index (χ0) is 15.2. The molecule has 0 aliphatic carbocycles. The maximum absolute atomic E-state index is 12.2. The quantitative estimate of drug-likeness (QED) is 0.939. The van der Waals surface area contributed by atoms with Crippen LogP contribution in [0.1, 0.15) is 5.56 Å². The van der Waals surface area contributed by atoms with Crippen molar-refractivity contribution in [2.24, 2.45) is 0 Å². The average molecular weight is 297 g/mol. The third kappa shape index (κ3) is 3.79. The van der Waals surface area contributed by atoms with Gasteiger partial charge >= 0.3 is 6.03 Å². The summed E-state index contributed by atoms with van der Waals surface area (Å²) in [5, 5.41) is 2.87. The molecule has 1 saturated heterocycles. The zero-order valence-electron chi connectivity index (χ0n) is 12.4. The fourth-order valence-corrected chi connectivity index (χ4v) is 2.50. The number of piperazine rings is 1. The van der Waals surface area contributed by atoms with Crippen molar-refractivity contribution in [1.29, 1.82) is 0 Å². The Kier molecular flexibility index (Phi) is 4.60. The minimum absolute atomic E-state index is 0.0611. The lowest BCUT2D eigenvalue weighted by molar-refractivity contribution is 0.143. The summed E-state index contributed by atoms with van der Waals surface area (Å²) >= 11 is 0. The Balaban J connectivity index is 1.48. The number of nitrogens with zero attached hydrogens (tertiary/aromatic N) is 4. The Labute approximate surface area is 129 Å². The lowest BCUT2D eigenvalue weighted by Gasteiger charge is -2.34. The van der Waals surface area contributed by atoms with E-state index in [1.165, 1.54) is 5.56 Å². The Hall–Kier alpha value is -2.47. The third-order valence-corrected chi connectivity index (χ3v) is 3.70. The summed E-state index contributed by atoms with van der Waals surface area (Å²) in [7, 11) is 0. The van der Waals surface area contributed by atoms with E-state index in [4.69, 9.17) is 0 Å². The predicted molar refractivity (Wildman–Crippen MR) is 84.3 cm³/mol. The largest absolute Gasteiger partial charge is 0.322 e. The first-order chi connectivity index (χ1) is 10.8. The second-order valence-electron chi connectivity index (χ2n) is 5.30. The third-order valence-electron chi connectivity index (χ3n) is 3.70. The van der Waals surface area contributed by atoms with Crippen LogP contribution in [0.2, 0.25) is 0 Å². The van der Waals surface area contributed by atoms with Gasteiger partial charge in [0.15, 0.2) is 0 Å². The highest BCUT2D eigenvalue weighted by Gasteiger charge is 2.21. The van der Waals surface area contributed by atoms with Crippen molar-refractivity contribution >= 4 is 11.7 Å². The highest BCUT2D eigenvalue weighted by atomic mass is 16.2. The van der Waals surface area contributed by atoms with E-state index in [-0.39, 0.29) is 6.03 Å². The van der Waals surface area contributed by atoms with Crippen molar-refractivity contribution < 1.29 is 4.79 Å². The van der Waals surface area contributed by atoms with Gasteiger partial charge in [0.25, 0.3) is 0 Å². The SMILES string of the molecule is O=C(Nc1cccnc1)N1CCN(Cc2cccnc2)CC1. The van der Waals surface area contributed by atoms with Crippen molar-refractivity contribution in [3.8, 4) is 0 Å². The topological polar surface area (TPSA) is 61.4 Å². The first-order valence-electron chi connectivity index (χ1n) is 7.38. The van der Waals surface area contributed by atoms with Gasteiger partial charge in [-0.25, -0.2) is 4.79 Å². The highest BCUT2D eigenvalue weighted by molar-refractivity contribution is 5.89. The zero-order valence-corrected chi connectivity index (χ0v) is 12.4. The molecule has 1 aliphatic heterocycles. The van der Waals surface area contributed by atoms with Crippen LogP contribution in [0.25, 0.3) is 0 Å². The van der Waals surface area contributed by atoms with Gasteiger partial charge in [-0.3, -0.25) is 14.9 Å². The number of carbonyl (C=O) groups excluding carboxylic acids is 1. The molecule has 0 aromatic carbocycles. The number of carbonyl (C=O) groups is 1. The van der Waals surface area contributed by atoms with Gasteiger partial charge in [0, 0.05) is 51.3 Å². The standard InChI is InChI=1S/C16H19N5O/c22-16(19-15-4-2-6-18-12-15)21-9-7-20(8-10-21)13-14-3-1-5-17-11-14/h1-6,11-12H,7-10,13H2,(H,19,22). The molecule has 0 unspecified atom stereocenters. The van der Waals surface area contributed by atoms with Gasteiger partial charge in [-0.15, -0.1) is 0 Å². The van der Waals surface area contributed by atoms with Crippen molar-refractivity contribution in [2.75, 3.05) is 31.5 Å². The van der Waals surface area contributed by atoms with Crippen LogP contribution >= 0.6 is 0 Å². The van der Waals surface area contributed by atoms with Crippen molar-refractivity contribution in [3.05, 3.63) is 54.6 Å². The Morgan fingerprint density at radius 3 is 2.41 bits per heavy atom. The molecule has 2 aromatic rings. The molecule has 0 atom stereocenters. The fraction of sp³-hybridized carbons (Fsp3) is 0.312. The molecule has 6 nitrogen and oxygen atoms in total. The van der Waals surface area contributed by atoms with E-state index in [0.29, 0.717) is 0 Å². The predicted octanol–water partition coefficient (Wildman–Crippen LogP) is 1.83. The van der Waals surface area contributed by atoms with Gasteiger partial charge in [-0.05, 0) is 23.8 Å². The maximum Gasteiger partial charge on any atom is 0.321 e. The van der Waals surface area contributed by atoms with E-state index >= 15 is 0 Å². The van der Waals surface area contributed by atoms with Crippen LogP contribution in [0.4, 0.5) is 10.5 Å². The van der Waals surface area contributed by atoms with Crippen molar-refractivity contribution in [3.63, 3.8) is 0 Å². The number of nitrogens with one attached hydrogen (secondary N) is 1. The van der Waals surface area contributed by atoms with E-state index in [9.17, 15) is 4.79 Å². The van der Waals surface area contributed by atoms with E-state index in [1.54, 1.807) is 24.7 Å². The smallest absolute Gasteiger partial charge is 0.321 e. The van der Waals surface area contributed by atoms with Crippen molar-refractivity contribution in [2.45, 2.75) is 6.54 Å². The number of rotatable bonds is 3. The fourth-order valence-electron chi connectivity index (χ4n) is 2.50. The maximum atomic E-state index is 12.2. The monoisotopic (exact) mass is 297 g/mol. The molecule has 2 amide bonds. The number of anilines is 1. The molecule has 0 bridgehead atoms. The van der Waals surface area contributed by atoms with Crippen LogP contribution in [-0.4, -0.2) is 52.0 Å². The van der Waals surface area contributed by atoms with E-state index < -0.39 is 0 Å². The summed E-state index contributed by atoms with van der Waals surface area (Å²) in [6.45, 7) is 4.08. The molecule has 0 radical (unpaired) electrons. The summed E-state index contributed by atoms with van der Waals surface area (Å²) in [5.74, 6) is 0. The molecule has 6 heteroatoms. The molecule has 0 spiro atoms. The molecule has 22 heavy (non-hydrogen) atoms. The second kappa shape index (κ2) is 7.00. The first-order valence-corrected chi connectivity index (χ1v) is 7.38. The molecule has 0 saturated carbocycles. The van der Waals surface area contributed by atoms with E-state index in [0.717, 1.165) is 38.4 Å². The summed E-state index contributed by atoms with van der Waals surface area (Å²) in [5.41, 5.74) is 1.93. The second-order valence-corrected chi connectivity index (χ2v) is 5.30. The summed E-state index contributed by atoms with van der Waals surface area (Å²) < 4.78 is 0. The molecule has 1 aliphatic rings. The summed E-state index contributed by atoms with van der Waals surface area (Å²) in [4.78, 5) is 24.5. The molecule has 3 rings (SSSR count). The van der Waals surface area contributed by atoms with Crippen LogP contribution in [0.15, 0.2) is 49.1 Å². The van der Waals surface area contributed by atoms with Crippen LogP contribution in [-0.2, 0) is 6.54 Å². The highest BCUT2D eigenvalue weighted by Crippen LogP contribution is 2.10. The van der Waals surface area contributed by atoms with Crippen LogP contribution in [0.3, 0.4) is 0 Å². The molecule has 1 N–H and O–H groups in total. The molecule has 2 aromatic heterocycles. The Morgan fingerprint density at radius 1 is 1.05 bits per heavy atom. The minimum Gasteiger partial charge on any atom is -0.322 e. The normalized spacial score (nSPS) is 15.5. The summed E-state index contributed by atoms with van der Waals surface area (Å²) in [6, 6.07) is 7.61. The Morgan fingerprint density at radius 2 is 1.77 bits per heavy atom. The molecular formula is C16H19N5O. The van der Waals surface area contributed by atoms with Gasteiger partial charge in [0.05, 0.1) is 11.9 Å². The molecule has 114 valence electrons. The van der Waals surface area contributed by atoms with E-state index in [2.05, 4.69) is 26.3 Å². The molecule has 1 fully saturated rings. The number of hydrogen-bond donors (Lipinski definition) is 1. The lowest BCUT2D eigenvalue weighted by Crippen LogP contribution is -2.49. The van der Waals surface area contributed by atoms with Gasteiger partial charge in [0.2, 0.25) is 0 Å². The van der Waals surface area contributed by atoms with Gasteiger partial charge in [-0.2, -0.15) is 0 Å². The first kappa shape index (κ1) is 14.5. The van der Waals surface area contributed by atoms with Crippen LogP contribution < -0.4 is 5.32 Å². The van der Waals surface area contributed by atoms with Gasteiger partial charge in [-0.1, -0.05) is 6.07 Å². The van der Waals surface area contributed by atoms with E-state index in [1.807, 2.05) is 23.2 Å². The number of hydrogen-bond acceptors (Lipinski definition) is 4. The summed E-state index contributed by atoms with van der Waals surface area (Å²) in [6.07, 6.45) is 7.01. The Bertz CT molecular complexity index is 596. The number of urea groups is 1. The van der Waals surface area contributed by atoms with Crippen LogP contribution in [0, 0.1) is 0 Å². The molecular weight excluding hydrogens is 278 g/mol. The lowest BCUT2D eigenvalue weighted by atomic mass is 10.2. The number of aromatic nitrogens is 2. The van der Waals surface area contributed by atoms with Crippen LogP contribution in [0.5, 0.6) is 0 Å². The number of pyridine rings is 2. The van der Waals surface area contributed by atoms with Gasteiger partial charge in [0.1, 0.15) is 0 Å².